The molecule has 3 rings (SSSR count). The molecule has 1 aromatic rings. The molecule has 2 unspecified atom stereocenters. The van der Waals surface area contributed by atoms with E-state index in [4.69, 9.17) is 10.5 Å². The molecule has 1 saturated carbocycles. The third kappa shape index (κ3) is 2.81. The van der Waals surface area contributed by atoms with Crippen LogP contribution in [0.3, 0.4) is 0 Å². The van der Waals surface area contributed by atoms with Crippen molar-refractivity contribution >= 4 is 0 Å². The predicted molar refractivity (Wildman–Crippen MR) is 75.1 cm³/mol. The van der Waals surface area contributed by atoms with Crippen molar-refractivity contribution in [2.24, 2.45) is 17.1 Å². The summed E-state index contributed by atoms with van der Waals surface area (Å²) in [5.74, 6) is 1.26. The van der Waals surface area contributed by atoms with Crippen LogP contribution in [-0.2, 0) is 6.42 Å². The van der Waals surface area contributed by atoms with Crippen molar-refractivity contribution in [3.8, 4) is 5.75 Å². The molecule has 1 aliphatic heterocycles. The molecule has 0 bridgehead atoms. The molecule has 0 spiro atoms. The molecule has 110 valence electrons. The number of halogens is 1. The number of nitrogens with two attached hydrogens (primary N) is 1. The summed E-state index contributed by atoms with van der Waals surface area (Å²) in [6, 6.07) is 4.65. The van der Waals surface area contributed by atoms with Gasteiger partial charge in [-0.2, -0.15) is 0 Å². The Morgan fingerprint density at radius 3 is 2.80 bits per heavy atom. The highest BCUT2D eigenvalue weighted by Crippen LogP contribution is 2.43. The second kappa shape index (κ2) is 5.34. The number of ether oxygens (including phenoxy) is 1. The maximum absolute atomic E-state index is 13.2. The quantitative estimate of drug-likeness (QED) is 0.840. The SMILES string of the molecule is NCC(CO)(CC1CC1)CC1Cc2cc(F)ccc2O1. The standard InChI is InChI=1S/C16H22FNO2/c17-13-3-4-15-12(5-13)6-14(20-15)8-16(9-18,10-19)7-11-1-2-11/h3-5,11,14,19H,1-2,6-10,18H2. The van der Waals surface area contributed by atoms with E-state index in [2.05, 4.69) is 0 Å². The average Bonchev–Trinajstić information content (AvgIpc) is 3.16. The first-order valence-corrected chi connectivity index (χ1v) is 7.40. The van der Waals surface area contributed by atoms with Crippen molar-refractivity contribution in [1.29, 1.82) is 0 Å². The highest BCUT2D eigenvalue weighted by Gasteiger charge is 2.39. The maximum Gasteiger partial charge on any atom is 0.123 e. The van der Waals surface area contributed by atoms with E-state index in [1.807, 2.05) is 0 Å². The third-order valence-corrected chi connectivity index (χ3v) is 4.61. The molecular formula is C16H22FNO2. The molecule has 3 nitrogen and oxygen atoms in total. The molecule has 4 heteroatoms. The summed E-state index contributed by atoms with van der Waals surface area (Å²) in [4.78, 5) is 0. The van der Waals surface area contributed by atoms with E-state index in [0.717, 1.165) is 24.2 Å². The number of hydrogen-bond acceptors (Lipinski definition) is 3. The first-order valence-electron chi connectivity index (χ1n) is 7.40. The normalized spacial score (nSPS) is 24.1. The van der Waals surface area contributed by atoms with Gasteiger partial charge in [0.1, 0.15) is 17.7 Å². The lowest BCUT2D eigenvalue weighted by molar-refractivity contribution is 0.0628. The lowest BCUT2D eigenvalue weighted by Gasteiger charge is -2.32. The van der Waals surface area contributed by atoms with E-state index in [0.29, 0.717) is 18.9 Å². The fourth-order valence-corrected chi connectivity index (χ4v) is 3.26. The Kier molecular flexibility index (Phi) is 3.69. The molecule has 0 saturated heterocycles. The first kappa shape index (κ1) is 13.8. The summed E-state index contributed by atoms with van der Waals surface area (Å²) in [6.07, 6.45) is 4.93. The fraction of sp³-hybridized carbons (Fsp3) is 0.625. The second-order valence-electron chi connectivity index (χ2n) is 6.41. The molecule has 0 amide bonds. The van der Waals surface area contributed by atoms with Crippen LogP contribution in [0.4, 0.5) is 4.39 Å². The van der Waals surface area contributed by atoms with E-state index in [-0.39, 0.29) is 23.9 Å². The molecule has 1 aromatic carbocycles. The molecule has 1 heterocycles. The van der Waals surface area contributed by atoms with Crippen molar-refractivity contribution < 1.29 is 14.2 Å². The Hall–Kier alpha value is -1.13. The summed E-state index contributed by atoms with van der Waals surface area (Å²) in [5.41, 5.74) is 6.60. The average molecular weight is 279 g/mol. The van der Waals surface area contributed by atoms with Gasteiger partial charge in [-0.25, -0.2) is 4.39 Å². The molecule has 2 atom stereocenters. The maximum atomic E-state index is 13.2. The van der Waals surface area contributed by atoms with Crippen LogP contribution in [0, 0.1) is 17.2 Å². The van der Waals surface area contributed by atoms with Gasteiger partial charge in [0.15, 0.2) is 0 Å². The predicted octanol–water partition coefficient (Wildman–Crippen LogP) is 2.26. The zero-order chi connectivity index (χ0) is 14.2. The van der Waals surface area contributed by atoms with E-state index < -0.39 is 0 Å². The molecule has 1 aliphatic carbocycles. The van der Waals surface area contributed by atoms with Crippen LogP contribution in [0.5, 0.6) is 5.75 Å². The minimum atomic E-state index is -0.244. The molecule has 2 aliphatic rings. The van der Waals surface area contributed by atoms with Gasteiger partial charge in [-0.05, 0) is 37.0 Å². The zero-order valence-corrected chi connectivity index (χ0v) is 11.6. The van der Waals surface area contributed by atoms with E-state index >= 15 is 0 Å². The number of aliphatic hydroxyl groups is 1. The highest BCUT2D eigenvalue weighted by molar-refractivity contribution is 5.37. The number of hydrogen-bond donors (Lipinski definition) is 2. The van der Waals surface area contributed by atoms with Gasteiger partial charge < -0.3 is 15.6 Å². The first-order chi connectivity index (χ1) is 9.64. The largest absolute Gasteiger partial charge is 0.490 e. The van der Waals surface area contributed by atoms with Crippen molar-refractivity contribution in [2.75, 3.05) is 13.2 Å². The van der Waals surface area contributed by atoms with Crippen LogP contribution in [0.2, 0.25) is 0 Å². The van der Waals surface area contributed by atoms with Crippen LogP contribution in [0.15, 0.2) is 18.2 Å². The van der Waals surface area contributed by atoms with Crippen molar-refractivity contribution in [2.45, 2.75) is 38.2 Å². The number of benzene rings is 1. The van der Waals surface area contributed by atoms with Crippen LogP contribution in [0.25, 0.3) is 0 Å². The van der Waals surface area contributed by atoms with Crippen LogP contribution in [0.1, 0.15) is 31.2 Å². The fourth-order valence-electron chi connectivity index (χ4n) is 3.26. The summed E-state index contributed by atoms with van der Waals surface area (Å²) < 4.78 is 19.1. The molecule has 1 fully saturated rings. The highest BCUT2D eigenvalue weighted by atomic mass is 19.1. The van der Waals surface area contributed by atoms with E-state index in [1.54, 1.807) is 12.1 Å². The lowest BCUT2D eigenvalue weighted by atomic mass is 9.77. The smallest absolute Gasteiger partial charge is 0.123 e. The summed E-state index contributed by atoms with van der Waals surface area (Å²) in [5, 5.41) is 9.78. The van der Waals surface area contributed by atoms with Gasteiger partial charge in [-0.1, -0.05) is 12.8 Å². The van der Waals surface area contributed by atoms with E-state index in [9.17, 15) is 9.50 Å². The van der Waals surface area contributed by atoms with Crippen LogP contribution >= 0.6 is 0 Å². The third-order valence-electron chi connectivity index (χ3n) is 4.61. The van der Waals surface area contributed by atoms with Crippen molar-refractivity contribution in [3.05, 3.63) is 29.6 Å². The van der Waals surface area contributed by atoms with Gasteiger partial charge in [0.05, 0.1) is 6.61 Å². The van der Waals surface area contributed by atoms with Gasteiger partial charge in [-0.3, -0.25) is 0 Å². The topological polar surface area (TPSA) is 55.5 Å². The van der Waals surface area contributed by atoms with E-state index in [1.165, 1.54) is 18.9 Å². The van der Waals surface area contributed by atoms with Gasteiger partial charge in [0, 0.05) is 23.9 Å². The van der Waals surface area contributed by atoms with Crippen LogP contribution < -0.4 is 10.5 Å². The Labute approximate surface area is 118 Å². The van der Waals surface area contributed by atoms with Gasteiger partial charge in [0.2, 0.25) is 0 Å². The van der Waals surface area contributed by atoms with Gasteiger partial charge >= 0.3 is 0 Å². The Morgan fingerprint density at radius 1 is 1.35 bits per heavy atom. The second-order valence-corrected chi connectivity index (χ2v) is 6.41. The van der Waals surface area contributed by atoms with Crippen LogP contribution in [-0.4, -0.2) is 24.4 Å². The summed E-state index contributed by atoms with van der Waals surface area (Å²) >= 11 is 0. The Bertz CT molecular complexity index is 483. The van der Waals surface area contributed by atoms with Gasteiger partial charge in [0.25, 0.3) is 0 Å². The van der Waals surface area contributed by atoms with Gasteiger partial charge in [-0.15, -0.1) is 0 Å². The number of fused-ring (bicyclic) bond motifs is 1. The molecule has 3 N–H and O–H groups in total. The van der Waals surface area contributed by atoms with Crippen molar-refractivity contribution in [3.63, 3.8) is 0 Å². The number of aliphatic hydroxyl groups excluding tert-OH is 1. The minimum absolute atomic E-state index is 0.00116. The molecule has 0 radical (unpaired) electrons. The summed E-state index contributed by atoms with van der Waals surface area (Å²) in [7, 11) is 0. The lowest BCUT2D eigenvalue weighted by Crippen LogP contribution is -2.39. The minimum Gasteiger partial charge on any atom is -0.490 e. The molecular weight excluding hydrogens is 257 g/mol. The Balaban J connectivity index is 1.68. The number of rotatable bonds is 6. The van der Waals surface area contributed by atoms with Crippen molar-refractivity contribution in [1.82, 2.24) is 0 Å². The zero-order valence-electron chi connectivity index (χ0n) is 11.6. The molecule has 20 heavy (non-hydrogen) atoms. The monoisotopic (exact) mass is 279 g/mol. The summed E-state index contributed by atoms with van der Waals surface area (Å²) in [6.45, 7) is 0.579. The Morgan fingerprint density at radius 2 is 2.15 bits per heavy atom. The molecule has 0 aromatic heterocycles.